The molecule has 0 spiro atoms. The topological polar surface area (TPSA) is 61.8 Å². The van der Waals surface area contributed by atoms with Crippen LogP contribution >= 0.6 is 23.4 Å². The van der Waals surface area contributed by atoms with E-state index in [1.807, 2.05) is 31.2 Å². The summed E-state index contributed by atoms with van der Waals surface area (Å²) < 4.78 is 0. The molecule has 2 aromatic carbocycles. The number of amidine groups is 1. The summed E-state index contributed by atoms with van der Waals surface area (Å²) in [6.07, 6.45) is 0. The molecule has 28 heavy (non-hydrogen) atoms. The van der Waals surface area contributed by atoms with Gasteiger partial charge in [0.15, 0.2) is 5.17 Å². The van der Waals surface area contributed by atoms with E-state index in [0.29, 0.717) is 21.8 Å². The highest BCUT2D eigenvalue weighted by Gasteiger charge is 2.29. The van der Waals surface area contributed by atoms with Crippen LogP contribution in [0.25, 0.3) is 0 Å². The number of benzene rings is 2. The number of hydrogen-bond donors (Lipinski definition) is 1. The Morgan fingerprint density at radius 1 is 1.25 bits per heavy atom. The molecule has 2 amide bonds. The number of aliphatic imine (C=N–C) groups is 1. The van der Waals surface area contributed by atoms with Crippen molar-refractivity contribution in [3.05, 3.63) is 58.6 Å². The van der Waals surface area contributed by atoms with Gasteiger partial charge in [-0.3, -0.25) is 19.5 Å². The molecule has 3 rings (SSSR count). The highest BCUT2D eigenvalue weighted by Crippen LogP contribution is 2.31. The zero-order valence-corrected chi connectivity index (χ0v) is 17.6. The predicted molar refractivity (Wildman–Crippen MR) is 118 cm³/mol. The second-order valence-corrected chi connectivity index (χ2v) is 8.16. The summed E-state index contributed by atoms with van der Waals surface area (Å²) in [4.78, 5) is 30.6. The van der Waals surface area contributed by atoms with Gasteiger partial charge in [0.25, 0.3) is 5.91 Å². The van der Waals surface area contributed by atoms with Crippen molar-refractivity contribution in [2.24, 2.45) is 4.99 Å². The highest BCUT2D eigenvalue weighted by molar-refractivity contribution is 8.14. The SMILES string of the molecule is Cc1cccc(C(C)C)c1NC(=O)CSC1=NCC(=O)N1c1ccccc1Cl. The number of para-hydroxylation sites is 2. The van der Waals surface area contributed by atoms with Crippen molar-refractivity contribution in [3.63, 3.8) is 0 Å². The van der Waals surface area contributed by atoms with Crippen LogP contribution in [0, 0.1) is 6.92 Å². The number of anilines is 2. The third kappa shape index (κ3) is 4.39. The molecule has 2 aromatic rings. The van der Waals surface area contributed by atoms with Crippen LogP contribution in [0.2, 0.25) is 5.02 Å². The van der Waals surface area contributed by atoms with Crippen LogP contribution in [0.3, 0.4) is 0 Å². The third-order valence-electron chi connectivity index (χ3n) is 4.41. The van der Waals surface area contributed by atoms with E-state index >= 15 is 0 Å². The molecule has 0 aliphatic carbocycles. The van der Waals surface area contributed by atoms with Crippen LogP contribution in [0.4, 0.5) is 11.4 Å². The Labute approximate surface area is 174 Å². The lowest BCUT2D eigenvalue weighted by Crippen LogP contribution is -2.32. The average molecular weight is 416 g/mol. The van der Waals surface area contributed by atoms with Gasteiger partial charge in [0.05, 0.1) is 16.5 Å². The molecule has 0 atom stereocenters. The molecule has 5 nitrogen and oxygen atoms in total. The van der Waals surface area contributed by atoms with Crippen LogP contribution < -0.4 is 10.2 Å². The molecule has 1 N–H and O–H groups in total. The Hall–Kier alpha value is -2.31. The van der Waals surface area contributed by atoms with E-state index in [9.17, 15) is 9.59 Å². The normalized spacial score (nSPS) is 13.8. The summed E-state index contributed by atoms with van der Waals surface area (Å²) >= 11 is 7.46. The fourth-order valence-electron chi connectivity index (χ4n) is 3.01. The fourth-order valence-corrected chi connectivity index (χ4v) is 4.05. The zero-order chi connectivity index (χ0) is 20.3. The van der Waals surface area contributed by atoms with Crippen molar-refractivity contribution in [1.29, 1.82) is 0 Å². The smallest absolute Gasteiger partial charge is 0.254 e. The molecule has 0 radical (unpaired) electrons. The number of nitrogens with one attached hydrogen (secondary N) is 1. The molecular formula is C21H22ClN3O2S. The van der Waals surface area contributed by atoms with Crippen molar-refractivity contribution in [2.75, 3.05) is 22.5 Å². The van der Waals surface area contributed by atoms with Gasteiger partial charge in [-0.2, -0.15) is 0 Å². The van der Waals surface area contributed by atoms with Gasteiger partial charge in [0.2, 0.25) is 5.91 Å². The fraction of sp³-hybridized carbons (Fsp3) is 0.286. The Morgan fingerprint density at radius 2 is 2.00 bits per heavy atom. The molecule has 0 saturated carbocycles. The van der Waals surface area contributed by atoms with Crippen LogP contribution in [0.5, 0.6) is 0 Å². The van der Waals surface area contributed by atoms with E-state index in [2.05, 4.69) is 24.2 Å². The standard InChI is InChI=1S/C21H22ClN3O2S/c1-13(2)15-8-6-7-14(3)20(15)24-18(26)12-28-21-23-11-19(27)25(21)17-10-5-4-9-16(17)22/h4-10,13H,11-12H2,1-3H3,(H,24,26). The minimum atomic E-state index is -0.156. The number of aryl methyl sites for hydroxylation is 1. The largest absolute Gasteiger partial charge is 0.325 e. The van der Waals surface area contributed by atoms with Gasteiger partial charge in [0.1, 0.15) is 6.54 Å². The first-order valence-corrected chi connectivity index (χ1v) is 10.4. The molecule has 146 valence electrons. The summed E-state index contributed by atoms with van der Waals surface area (Å²) in [7, 11) is 0. The van der Waals surface area contributed by atoms with Crippen molar-refractivity contribution in [2.45, 2.75) is 26.7 Å². The lowest BCUT2D eigenvalue weighted by molar-refractivity contribution is -0.116. The summed E-state index contributed by atoms with van der Waals surface area (Å²) in [5, 5.41) is 3.97. The van der Waals surface area contributed by atoms with Crippen LogP contribution in [-0.2, 0) is 9.59 Å². The van der Waals surface area contributed by atoms with Gasteiger partial charge in [0, 0.05) is 5.69 Å². The average Bonchev–Trinajstić information content (AvgIpc) is 3.02. The Morgan fingerprint density at radius 3 is 2.71 bits per heavy atom. The molecule has 7 heteroatoms. The second-order valence-electron chi connectivity index (χ2n) is 6.81. The van der Waals surface area contributed by atoms with Crippen molar-refractivity contribution >= 4 is 51.7 Å². The van der Waals surface area contributed by atoms with E-state index in [-0.39, 0.29) is 24.1 Å². The number of rotatable bonds is 5. The Kier molecular flexibility index (Phi) is 6.42. The number of hydrogen-bond acceptors (Lipinski definition) is 4. The van der Waals surface area contributed by atoms with E-state index in [4.69, 9.17) is 11.6 Å². The molecule has 0 saturated heterocycles. The summed E-state index contributed by atoms with van der Waals surface area (Å²) in [5.74, 6) is 0.161. The van der Waals surface area contributed by atoms with Crippen molar-refractivity contribution in [3.8, 4) is 0 Å². The summed E-state index contributed by atoms with van der Waals surface area (Å²) in [6, 6.07) is 13.1. The monoisotopic (exact) mass is 415 g/mol. The number of nitrogens with zero attached hydrogens (tertiary/aromatic N) is 2. The maximum Gasteiger partial charge on any atom is 0.254 e. The quantitative estimate of drug-likeness (QED) is 0.759. The maximum atomic E-state index is 12.6. The van der Waals surface area contributed by atoms with Gasteiger partial charge >= 0.3 is 0 Å². The molecule has 1 aliphatic heterocycles. The number of halogens is 1. The molecule has 1 aliphatic rings. The first-order valence-electron chi connectivity index (χ1n) is 9.02. The molecular weight excluding hydrogens is 394 g/mol. The zero-order valence-electron chi connectivity index (χ0n) is 16.0. The first-order chi connectivity index (χ1) is 13.4. The van der Waals surface area contributed by atoms with Crippen molar-refractivity contribution in [1.82, 2.24) is 0 Å². The van der Waals surface area contributed by atoms with Crippen LogP contribution in [0.1, 0.15) is 30.9 Å². The second kappa shape index (κ2) is 8.80. The number of thioether (sulfide) groups is 1. The molecule has 0 aromatic heterocycles. The minimum absolute atomic E-state index is 0.0600. The van der Waals surface area contributed by atoms with E-state index < -0.39 is 0 Å². The highest BCUT2D eigenvalue weighted by atomic mass is 35.5. The summed E-state index contributed by atoms with van der Waals surface area (Å²) in [5.41, 5.74) is 3.56. The maximum absolute atomic E-state index is 12.6. The number of carbonyl (C=O) groups is 2. The number of amides is 2. The summed E-state index contributed by atoms with van der Waals surface area (Å²) in [6.45, 7) is 6.23. The Bertz CT molecular complexity index is 943. The molecule has 1 heterocycles. The molecule has 0 fully saturated rings. The van der Waals surface area contributed by atoms with E-state index in [1.54, 1.807) is 18.2 Å². The van der Waals surface area contributed by atoms with Gasteiger partial charge in [-0.15, -0.1) is 0 Å². The van der Waals surface area contributed by atoms with Gasteiger partial charge in [-0.1, -0.05) is 67.5 Å². The molecule has 0 bridgehead atoms. The van der Waals surface area contributed by atoms with Gasteiger partial charge in [-0.05, 0) is 36.1 Å². The molecule has 0 unspecified atom stereocenters. The van der Waals surface area contributed by atoms with E-state index in [0.717, 1.165) is 16.8 Å². The lowest BCUT2D eigenvalue weighted by Gasteiger charge is -2.19. The van der Waals surface area contributed by atoms with Crippen LogP contribution in [-0.4, -0.2) is 29.3 Å². The van der Waals surface area contributed by atoms with Gasteiger partial charge < -0.3 is 5.32 Å². The predicted octanol–water partition coefficient (Wildman–Crippen LogP) is 4.85. The van der Waals surface area contributed by atoms with Crippen LogP contribution in [0.15, 0.2) is 47.5 Å². The minimum Gasteiger partial charge on any atom is -0.325 e. The van der Waals surface area contributed by atoms with E-state index in [1.165, 1.54) is 16.7 Å². The number of carbonyl (C=O) groups excluding carboxylic acids is 2. The Balaban J connectivity index is 1.70. The van der Waals surface area contributed by atoms with Crippen molar-refractivity contribution < 1.29 is 9.59 Å². The lowest BCUT2D eigenvalue weighted by atomic mass is 9.98. The third-order valence-corrected chi connectivity index (χ3v) is 5.70. The van der Waals surface area contributed by atoms with Gasteiger partial charge in [-0.25, -0.2) is 0 Å². The first kappa shape index (κ1) is 20.4.